The Balaban J connectivity index is 1.58. The highest BCUT2D eigenvalue weighted by Gasteiger charge is 2.54. The lowest BCUT2D eigenvalue weighted by atomic mass is 9.85. The zero-order valence-corrected chi connectivity index (χ0v) is 23.7. The number of nitrogens with zero attached hydrogens (tertiary/aromatic N) is 3. The Morgan fingerprint density at radius 1 is 1.23 bits per heavy atom. The van der Waals surface area contributed by atoms with Gasteiger partial charge in [-0.05, 0) is 32.8 Å². The first-order chi connectivity index (χ1) is 20.6. The van der Waals surface area contributed by atoms with E-state index in [1.54, 1.807) is 11.8 Å². The van der Waals surface area contributed by atoms with Crippen LogP contribution in [0.1, 0.15) is 65.6 Å². The first-order valence-electron chi connectivity index (χ1n) is 13.6. The van der Waals surface area contributed by atoms with Crippen LogP contribution in [0.2, 0.25) is 0 Å². The van der Waals surface area contributed by atoms with Crippen LogP contribution in [0.25, 0.3) is 0 Å². The molecule has 15 heteroatoms. The molecule has 3 aliphatic heterocycles. The summed E-state index contributed by atoms with van der Waals surface area (Å²) in [7, 11) is 1.46. The normalized spacial score (nSPS) is 22.2. The van der Waals surface area contributed by atoms with Crippen LogP contribution in [-0.4, -0.2) is 72.0 Å². The molecule has 0 radical (unpaired) electrons. The van der Waals surface area contributed by atoms with Gasteiger partial charge in [0, 0.05) is 37.0 Å². The number of hydrogen-bond acceptors (Lipinski definition) is 10. The number of hydrogen-bond donors (Lipinski definition) is 1. The molecule has 13 nitrogen and oxygen atoms in total. The molecular formula is C28H30F2N4O9. The Labute approximate surface area is 244 Å². The number of carbonyl (C=O) groups is 3. The molecule has 43 heavy (non-hydrogen) atoms. The summed E-state index contributed by atoms with van der Waals surface area (Å²) in [6.45, 7) is 2.49. The number of methoxy groups -OCH3 is 1. The molecule has 1 aromatic heterocycles. The van der Waals surface area contributed by atoms with Crippen LogP contribution in [0.15, 0.2) is 34.3 Å². The molecule has 2 aromatic rings. The molecule has 0 unspecified atom stereocenters. The molecule has 1 spiro atoms. The summed E-state index contributed by atoms with van der Waals surface area (Å²) in [6, 6.07) is 1.99. The van der Waals surface area contributed by atoms with E-state index >= 15 is 0 Å². The number of fused-ring (bicyclic) bond motifs is 5. The topological polar surface area (TPSA) is 147 Å². The van der Waals surface area contributed by atoms with Crippen molar-refractivity contribution < 1.29 is 46.9 Å². The Morgan fingerprint density at radius 3 is 2.72 bits per heavy atom. The average molecular weight is 605 g/mol. The van der Waals surface area contributed by atoms with E-state index in [0.717, 1.165) is 6.07 Å². The van der Waals surface area contributed by atoms with Crippen LogP contribution in [0.3, 0.4) is 0 Å². The van der Waals surface area contributed by atoms with Gasteiger partial charge in [-0.25, -0.2) is 13.6 Å². The lowest BCUT2D eigenvalue weighted by Crippen LogP contribution is -2.52. The van der Waals surface area contributed by atoms with E-state index in [0.29, 0.717) is 24.8 Å². The highest BCUT2D eigenvalue weighted by molar-refractivity contribution is 5.99. The minimum atomic E-state index is -1.06. The van der Waals surface area contributed by atoms with Gasteiger partial charge < -0.3 is 38.6 Å². The van der Waals surface area contributed by atoms with Gasteiger partial charge in [-0.1, -0.05) is 11.2 Å². The number of benzene rings is 1. The van der Waals surface area contributed by atoms with E-state index in [9.17, 15) is 28.0 Å². The van der Waals surface area contributed by atoms with Crippen LogP contribution in [0, 0.1) is 11.6 Å². The molecule has 1 saturated heterocycles. The fraction of sp³-hybridized carbons (Fsp3) is 0.464. The summed E-state index contributed by atoms with van der Waals surface area (Å²) >= 11 is 0. The first kappa shape index (κ1) is 29.8. The van der Waals surface area contributed by atoms with Crippen molar-refractivity contribution in [1.82, 2.24) is 14.8 Å². The van der Waals surface area contributed by atoms with E-state index < -0.39 is 64.8 Å². The summed E-state index contributed by atoms with van der Waals surface area (Å²) in [5.41, 5.74) is -2.57. The van der Waals surface area contributed by atoms with Gasteiger partial charge in [0.05, 0.1) is 26.2 Å². The molecule has 2 amide bonds. The van der Waals surface area contributed by atoms with Gasteiger partial charge in [-0.3, -0.25) is 14.4 Å². The summed E-state index contributed by atoms with van der Waals surface area (Å²) in [5, 5.41) is 6.53. The molecule has 0 saturated carbocycles. The summed E-state index contributed by atoms with van der Waals surface area (Å²) in [6.07, 6.45) is 1.46. The van der Waals surface area contributed by atoms with Crippen molar-refractivity contribution in [3.05, 3.63) is 63.1 Å². The molecule has 1 fully saturated rings. The SMILES string of the molecule is CCOC(=O)OCOc1c2n(cc(C(=O)NCc3ccc(F)cc3F)c1=O)[C@@H]1CN(C2=O)[C@@H](C)CC[C@]12CC(OC)=NO2. The van der Waals surface area contributed by atoms with Crippen molar-refractivity contribution in [2.45, 2.75) is 57.3 Å². The van der Waals surface area contributed by atoms with Gasteiger partial charge in [-0.15, -0.1) is 0 Å². The minimum absolute atomic E-state index is 0.0155. The second-order valence-electron chi connectivity index (χ2n) is 10.3. The van der Waals surface area contributed by atoms with Gasteiger partial charge in [0.15, 0.2) is 11.3 Å². The second kappa shape index (κ2) is 11.9. The van der Waals surface area contributed by atoms with E-state index in [2.05, 4.69) is 10.5 Å². The molecule has 1 aromatic carbocycles. The zero-order valence-electron chi connectivity index (χ0n) is 23.7. The second-order valence-corrected chi connectivity index (χ2v) is 10.3. The largest absolute Gasteiger partial charge is 0.511 e. The monoisotopic (exact) mass is 604 g/mol. The molecule has 4 heterocycles. The highest BCUT2D eigenvalue weighted by atomic mass is 19.1. The first-order valence-corrected chi connectivity index (χ1v) is 13.6. The Bertz CT molecular complexity index is 1540. The number of nitrogens with one attached hydrogen (secondary N) is 1. The minimum Gasteiger partial charge on any atom is -0.482 e. The quantitative estimate of drug-likeness (QED) is 0.372. The average Bonchev–Trinajstić information content (AvgIpc) is 3.35. The van der Waals surface area contributed by atoms with Crippen LogP contribution in [0.5, 0.6) is 5.75 Å². The Morgan fingerprint density at radius 2 is 2.02 bits per heavy atom. The van der Waals surface area contributed by atoms with Crippen LogP contribution in [-0.2, 0) is 25.6 Å². The number of carbonyl (C=O) groups excluding carboxylic acids is 3. The van der Waals surface area contributed by atoms with Gasteiger partial charge in [0.2, 0.25) is 23.9 Å². The molecule has 3 aliphatic rings. The van der Waals surface area contributed by atoms with E-state index in [4.69, 9.17) is 23.8 Å². The van der Waals surface area contributed by atoms with Gasteiger partial charge in [-0.2, -0.15) is 0 Å². The Kier molecular flexibility index (Phi) is 8.24. The maximum absolute atomic E-state index is 14.2. The van der Waals surface area contributed by atoms with E-state index in [1.807, 2.05) is 6.92 Å². The standard InChI is InChI=1S/C28H30F2N4O9/c1-4-40-27(38)42-14-41-24-22-26(37)33-13-20(28(8-7-15(33)2)10-21(39-3)32-43-28)34(22)12-18(23(24)35)25(36)31-11-16-5-6-17(29)9-19(16)30/h5-6,9,12,15,20H,4,7-8,10-11,13-14H2,1-3H3,(H,31,36)/t15-,20+,28-/m0/s1. The number of oxime groups is 1. The van der Waals surface area contributed by atoms with Crippen molar-refractivity contribution in [2.24, 2.45) is 5.16 Å². The molecule has 1 N–H and O–H groups in total. The third kappa shape index (κ3) is 5.58. The number of amides is 2. The molecule has 3 atom stereocenters. The highest BCUT2D eigenvalue weighted by Crippen LogP contribution is 2.46. The lowest BCUT2D eigenvalue weighted by molar-refractivity contribution is -0.0658. The molecule has 0 aliphatic carbocycles. The number of ether oxygens (including phenoxy) is 4. The maximum atomic E-state index is 14.2. The van der Waals surface area contributed by atoms with Crippen molar-refractivity contribution >= 4 is 23.9 Å². The zero-order chi connectivity index (χ0) is 30.9. The van der Waals surface area contributed by atoms with Gasteiger partial charge >= 0.3 is 6.16 Å². The third-order valence-corrected chi connectivity index (χ3v) is 7.84. The van der Waals surface area contributed by atoms with Crippen LogP contribution < -0.4 is 15.5 Å². The van der Waals surface area contributed by atoms with Crippen molar-refractivity contribution in [3.63, 3.8) is 0 Å². The fourth-order valence-corrected chi connectivity index (χ4v) is 5.54. The summed E-state index contributed by atoms with van der Waals surface area (Å²) in [5.74, 6) is -3.29. The third-order valence-electron chi connectivity index (χ3n) is 7.84. The predicted molar refractivity (Wildman–Crippen MR) is 143 cm³/mol. The van der Waals surface area contributed by atoms with Crippen molar-refractivity contribution in [1.29, 1.82) is 0 Å². The number of rotatable bonds is 7. The molecule has 2 bridgehead atoms. The predicted octanol–water partition coefficient (Wildman–Crippen LogP) is 2.86. The van der Waals surface area contributed by atoms with Crippen molar-refractivity contribution in [3.8, 4) is 5.75 Å². The van der Waals surface area contributed by atoms with Crippen molar-refractivity contribution in [2.75, 3.05) is 27.1 Å². The summed E-state index contributed by atoms with van der Waals surface area (Å²) in [4.78, 5) is 60.2. The molecule has 230 valence electrons. The van der Waals surface area contributed by atoms with E-state index in [1.165, 1.54) is 23.9 Å². The van der Waals surface area contributed by atoms with Gasteiger partial charge in [0.25, 0.3) is 11.8 Å². The number of halogens is 2. The van der Waals surface area contributed by atoms with E-state index in [-0.39, 0.29) is 43.4 Å². The van der Waals surface area contributed by atoms with Gasteiger partial charge in [0.1, 0.15) is 17.2 Å². The number of pyridine rings is 1. The summed E-state index contributed by atoms with van der Waals surface area (Å²) < 4.78 is 49.5. The van der Waals surface area contributed by atoms with Crippen LogP contribution in [0.4, 0.5) is 13.6 Å². The molecular weight excluding hydrogens is 574 g/mol. The Hall–Kier alpha value is -4.69. The maximum Gasteiger partial charge on any atom is 0.511 e. The van der Waals surface area contributed by atoms with Crippen LogP contribution >= 0.6 is 0 Å². The lowest BCUT2D eigenvalue weighted by Gasteiger charge is -2.42. The number of aromatic nitrogens is 1. The molecule has 5 rings (SSSR count). The fourth-order valence-electron chi connectivity index (χ4n) is 5.54. The smallest absolute Gasteiger partial charge is 0.482 e.